The number of carbonyl (C=O) groups excluding carboxylic acids is 3. The Morgan fingerprint density at radius 3 is 2.33 bits per heavy atom. The second-order valence-electron chi connectivity index (χ2n) is 7.35. The van der Waals surface area contributed by atoms with Crippen molar-refractivity contribution in [3.63, 3.8) is 0 Å². The number of halogens is 3. The molecule has 148 valence electrons. The third-order valence-electron chi connectivity index (χ3n) is 4.30. The van der Waals surface area contributed by atoms with Crippen molar-refractivity contribution in [2.45, 2.75) is 32.7 Å². The van der Waals surface area contributed by atoms with E-state index in [1.807, 2.05) is 20.8 Å². The van der Waals surface area contributed by atoms with Crippen LogP contribution in [0.15, 0.2) is 12.1 Å². The van der Waals surface area contributed by atoms with Crippen LogP contribution in [0, 0.1) is 23.4 Å². The lowest BCUT2D eigenvalue weighted by atomic mass is 10.1. The van der Waals surface area contributed by atoms with Gasteiger partial charge in [-0.3, -0.25) is 14.4 Å². The van der Waals surface area contributed by atoms with Gasteiger partial charge in [-0.25, -0.2) is 13.2 Å². The van der Waals surface area contributed by atoms with Crippen LogP contribution in [0.3, 0.4) is 0 Å². The summed E-state index contributed by atoms with van der Waals surface area (Å²) in [6.07, 6.45) is 0.121. The summed E-state index contributed by atoms with van der Waals surface area (Å²) in [5.74, 6) is -6.47. The predicted molar refractivity (Wildman–Crippen MR) is 91.2 cm³/mol. The van der Waals surface area contributed by atoms with E-state index in [0.29, 0.717) is 12.6 Å². The molecule has 6 nitrogen and oxygen atoms in total. The smallest absolute Gasteiger partial charge is 0.254 e. The van der Waals surface area contributed by atoms with Gasteiger partial charge in [0, 0.05) is 31.6 Å². The zero-order valence-corrected chi connectivity index (χ0v) is 15.4. The Labute approximate surface area is 155 Å². The first-order chi connectivity index (χ1) is 12.5. The molecule has 0 saturated carbocycles. The zero-order valence-electron chi connectivity index (χ0n) is 15.4. The van der Waals surface area contributed by atoms with E-state index in [0.717, 1.165) is 6.07 Å². The minimum absolute atomic E-state index is 0.0351. The molecule has 2 N–H and O–H groups in total. The molecule has 1 saturated heterocycles. The van der Waals surface area contributed by atoms with Crippen LogP contribution in [0.5, 0.6) is 0 Å². The van der Waals surface area contributed by atoms with Crippen LogP contribution < -0.4 is 10.6 Å². The molecule has 1 aliphatic rings. The molecule has 0 radical (unpaired) electrons. The van der Waals surface area contributed by atoms with Gasteiger partial charge >= 0.3 is 0 Å². The van der Waals surface area contributed by atoms with E-state index in [2.05, 4.69) is 10.6 Å². The first kappa shape index (κ1) is 20.7. The van der Waals surface area contributed by atoms with Gasteiger partial charge < -0.3 is 15.5 Å². The van der Waals surface area contributed by atoms with Crippen LogP contribution in [0.25, 0.3) is 0 Å². The first-order valence-corrected chi connectivity index (χ1v) is 8.52. The van der Waals surface area contributed by atoms with Crippen LogP contribution in [0.2, 0.25) is 0 Å². The van der Waals surface area contributed by atoms with Gasteiger partial charge in [0.1, 0.15) is 0 Å². The molecule has 1 heterocycles. The Morgan fingerprint density at radius 1 is 1.11 bits per heavy atom. The van der Waals surface area contributed by atoms with E-state index >= 15 is 0 Å². The monoisotopic (exact) mass is 385 g/mol. The highest BCUT2D eigenvalue weighted by Gasteiger charge is 2.39. The molecular weight excluding hydrogens is 363 g/mol. The van der Waals surface area contributed by atoms with E-state index in [1.54, 1.807) is 4.90 Å². The lowest BCUT2D eigenvalue weighted by Crippen LogP contribution is -2.43. The van der Waals surface area contributed by atoms with E-state index in [-0.39, 0.29) is 36.9 Å². The minimum atomic E-state index is -1.72. The number of nitrogens with zero attached hydrogens (tertiary/aromatic N) is 1. The molecule has 0 bridgehead atoms. The third kappa shape index (κ3) is 4.78. The Hall–Kier alpha value is -2.58. The SMILES string of the molecule is CC(C)(C)N1CC(C(=O)NCCNC(=O)c2ccc(F)c(F)c2F)CC1=O. The molecule has 1 aromatic carbocycles. The van der Waals surface area contributed by atoms with Crippen molar-refractivity contribution < 1.29 is 27.6 Å². The van der Waals surface area contributed by atoms with Crippen molar-refractivity contribution in [1.82, 2.24) is 15.5 Å². The number of carbonyl (C=O) groups is 3. The van der Waals surface area contributed by atoms with Crippen LogP contribution >= 0.6 is 0 Å². The molecule has 1 aliphatic heterocycles. The summed E-state index contributed by atoms with van der Waals surface area (Å²) in [4.78, 5) is 37.6. The average molecular weight is 385 g/mol. The average Bonchev–Trinajstić information content (AvgIpc) is 2.98. The normalized spacial score (nSPS) is 17.2. The number of rotatable bonds is 5. The van der Waals surface area contributed by atoms with Crippen molar-refractivity contribution >= 4 is 17.7 Å². The lowest BCUT2D eigenvalue weighted by molar-refractivity contribution is -0.132. The van der Waals surface area contributed by atoms with Crippen molar-refractivity contribution in [2.24, 2.45) is 5.92 Å². The van der Waals surface area contributed by atoms with Gasteiger partial charge in [-0.1, -0.05) is 0 Å². The highest BCUT2D eigenvalue weighted by molar-refractivity contribution is 5.94. The van der Waals surface area contributed by atoms with Crippen LogP contribution in [0.1, 0.15) is 37.6 Å². The van der Waals surface area contributed by atoms with Gasteiger partial charge in [-0.15, -0.1) is 0 Å². The molecule has 0 aliphatic carbocycles. The molecule has 1 aromatic rings. The molecule has 2 rings (SSSR count). The van der Waals surface area contributed by atoms with Gasteiger partial charge in [0.05, 0.1) is 11.5 Å². The standard InChI is InChI=1S/C18H22F3N3O3/c1-18(2,3)24-9-10(8-13(24)25)16(26)22-6-7-23-17(27)11-4-5-12(19)15(21)14(11)20/h4-5,10H,6-9H2,1-3H3,(H,22,26)(H,23,27). The van der Waals surface area contributed by atoms with Crippen LogP contribution in [0.4, 0.5) is 13.2 Å². The fourth-order valence-corrected chi connectivity index (χ4v) is 2.83. The van der Waals surface area contributed by atoms with Crippen molar-refractivity contribution in [3.8, 4) is 0 Å². The molecule has 1 unspecified atom stereocenters. The van der Waals surface area contributed by atoms with E-state index in [9.17, 15) is 27.6 Å². The molecule has 27 heavy (non-hydrogen) atoms. The fraction of sp³-hybridized carbons (Fsp3) is 0.500. The second kappa shape index (κ2) is 7.98. The summed E-state index contributed by atoms with van der Waals surface area (Å²) in [7, 11) is 0. The fourth-order valence-electron chi connectivity index (χ4n) is 2.83. The Balaban J connectivity index is 1.80. The molecule has 1 atom stereocenters. The van der Waals surface area contributed by atoms with Crippen molar-refractivity contribution in [2.75, 3.05) is 19.6 Å². The Morgan fingerprint density at radius 2 is 1.74 bits per heavy atom. The van der Waals surface area contributed by atoms with E-state index in [4.69, 9.17) is 0 Å². The second-order valence-corrected chi connectivity index (χ2v) is 7.35. The number of likely N-dealkylation sites (tertiary alicyclic amines) is 1. The quantitative estimate of drug-likeness (QED) is 0.597. The zero-order chi connectivity index (χ0) is 20.4. The number of benzene rings is 1. The largest absolute Gasteiger partial charge is 0.354 e. The highest BCUT2D eigenvalue weighted by atomic mass is 19.2. The van der Waals surface area contributed by atoms with Gasteiger partial charge in [-0.2, -0.15) is 0 Å². The highest BCUT2D eigenvalue weighted by Crippen LogP contribution is 2.25. The number of nitrogens with one attached hydrogen (secondary N) is 2. The third-order valence-corrected chi connectivity index (χ3v) is 4.30. The maximum absolute atomic E-state index is 13.5. The maximum atomic E-state index is 13.5. The van der Waals surface area contributed by atoms with E-state index < -0.39 is 34.8 Å². The van der Waals surface area contributed by atoms with Gasteiger partial charge in [0.2, 0.25) is 11.8 Å². The Bertz CT molecular complexity index is 762. The summed E-state index contributed by atoms with van der Waals surface area (Å²) in [5.41, 5.74) is -0.989. The number of amides is 3. The summed E-state index contributed by atoms with van der Waals surface area (Å²) < 4.78 is 39.6. The summed E-state index contributed by atoms with van der Waals surface area (Å²) >= 11 is 0. The first-order valence-electron chi connectivity index (χ1n) is 8.52. The predicted octanol–water partition coefficient (Wildman–Crippen LogP) is 1.60. The molecule has 0 spiro atoms. The molecule has 9 heteroatoms. The van der Waals surface area contributed by atoms with Crippen LogP contribution in [-0.2, 0) is 9.59 Å². The van der Waals surface area contributed by atoms with Crippen LogP contribution in [-0.4, -0.2) is 47.8 Å². The summed E-state index contributed by atoms with van der Waals surface area (Å²) in [6, 6.07) is 1.50. The van der Waals surface area contributed by atoms with Gasteiger partial charge in [0.25, 0.3) is 5.91 Å². The molecule has 1 fully saturated rings. The summed E-state index contributed by atoms with van der Waals surface area (Å²) in [6.45, 7) is 6.00. The minimum Gasteiger partial charge on any atom is -0.354 e. The van der Waals surface area contributed by atoms with Crippen molar-refractivity contribution in [3.05, 3.63) is 35.1 Å². The number of hydrogen-bond acceptors (Lipinski definition) is 3. The molecular formula is C18H22F3N3O3. The van der Waals surface area contributed by atoms with Gasteiger partial charge in [0.15, 0.2) is 17.5 Å². The summed E-state index contributed by atoms with van der Waals surface area (Å²) in [5, 5.41) is 4.91. The molecule has 3 amide bonds. The number of hydrogen-bond donors (Lipinski definition) is 2. The Kier molecular flexibility index (Phi) is 6.12. The topological polar surface area (TPSA) is 78.5 Å². The lowest BCUT2D eigenvalue weighted by Gasteiger charge is -2.31. The maximum Gasteiger partial charge on any atom is 0.254 e. The molecule has 0 aromatic heterocycles. The van der Waals surface area contributed by atoms with Gasteiger partial charge in [-0.05, 0) is 32.9 Å². The van der Waals surface area contributed by atoms with E-state index in [1.165, 1.54) is 0 Å². The van der Waals surface area contributed by atoms with Crippen molar-refractivity contribution in [1.29, 1.82) is 0 Å².